The summed E-state index contributed by atoms with van der Waals surface area (Å²) < 4.78 is 0. The molecule has 0 atom stereocenters. The number of hydrogen-bond donors (Lipinski definition) is 3. The summed E-state index contributed by atoms with van der Waals surface area (Å²) in [6.07, 6.45) is 4.14. The van der Waals surface area contributed by atoms with Crippen molar-refractivity contribution >= 4 is 23.4 Å². The summed E-state index contributed by atoms with van der Waals surface area (Å²) in [5.74, 6) is 5.07. The number of carbonyl (C=O) groups excluding carboxylic acids is 1. The van der Waals surface area contributed by atoms with Crippen molar-refractivity contribution in [2.45, 2.75) is 19.3 Å². The third-order valence-corrected chi connectivity index (χ3v) is 3.21. The summed E-state index contributed by atoms with van der Waals surface area (Å²) in [7, 11) is 0. The van der Waals surface area contributed by atoms with Gasteiger partial charge in [0.05, 0.1) is 11.5 Å². The smallest absolute Gasteiger partial charge is 0.329 e. The van der Waals surface area contributed by atoms with Gasteiger partial charge in [0.1, 0.15) is 6.20 Å². The molecule has 2 heterocycles. The molecule has 1 fully saturated rings. The lowest BCUT2D eigenvalue weighted by atomic mass is 10.1. The van der Waals surface area contributed by atoms with Gasteiger partial charge in [-0.25, -0.2) is 10.8 Å². The minimum atomic E-state index is -0.617. The molecule has 4 N–H and O–H groups in total. The van der Waals surface area contributed by atoms with Crippen LogP contribution < -0.4 is 16.6 Å². The topological polar surface area (TPSA) is 139 Å². The number of nitrogens with two attached hydrogens (primary N) is 1. The quantitative estimate of drug-likeness (QED) is 0.394. The van der Waals surface area contributed by atoms with Crippen LogP contribution in [0.25, 0.3) is 0 Å². The first kappa shape index (κ1) is 14.9. The highest BCUT2D eigenvalue weighted by Crippen LogP contribution is 2.21. The number of nitrogens with one attached hydrogen (secondary N) is 2. The number of anilines is 2. The van der Waals surface area contributed by atoms with E-state index in [1.807, 2.05) is 0 Å². The van der Waals surface area contributed by atoms with E-state index in [4.69, 9.17) is 5.84 Å². The van der Waals surface area contributed by atoms with Crippen LogP contribution in [0.2, 0.25) is 0 Å². The van der Waals surface area contributed by atoms with Crippen LogP contribution in [0.3, 0.4) is 0 Å². The molecule has 0 spiro atoms. The number of hydrazine groups is 1. The summed E-state index contributed by atoms with van der Waals surface area (Å²) in [6.45, 7) is 1.39. The molecule has 1 amide bonds. The minimum Gasteiger partial charge on any atom is -0.355 e. The predicted octanol–water partition coefficient (Wildman–Crippen LogP) is 0.0948. The third-order valence-electron chi connectivity index (χ3n) is 3.21. The van der Waals surface area contributed by atoms with Gasteiger partial charge >= 0.3 is 5.69 Å². The largest absolute Gasteiger partial charge is 0.355 e. The van der Waals surface area contributed by atoms with E-state index in [0.29, 0.717) is 0 Å². The number of aromatic nitrogens is 2. The first-order valence-corrected chi connectivity index (χ1v) is 6.61. The van der Waals surface area contributed by atoms with Crippen molar-refractivity contribution in [3.05, 3.63) is 16.3 Å². The molecule has 1 aliphatic heterocycles. The van der Waals surface area contributed by atoms with Gasteiger partial charge < -0.3 is 10.2 Å². The second kappa shape index (κ2) is 6.79. The zero-order valence-corrected chi connectivity index (χ0v) is 11.4. The van der Waals surface area contributed by atoms with Crippen LogP contribution in [0.5, 0.6) is 0 Å². The lowest BCUT2D eigenvalue weighted by Gasteiger charge is -2.26. The SMILES string of the molecule is NNc1ncc([N+](=O)[O-])c(NCC(=O)N2CCCCC2)n1. The third kappa shape index (κ3) is 3.75. The zero-order valence-electron chi connectivity index (χ0n) is 11.4. The Morgan fingerprint density at radius 3 is 2.76 bits per heavy atom. The number of rotatable bonds is 5. The van der Waals surface area contributed by atoms with Crippen molar-refractivity contribution in [1.82, 2.24) is 14.9 Å². The van der Waals surface area contributed by atoms with Crippen LogP contribution in [0.4, 0.5) is 17.5 Å². The number of hydrogen-bond acceptors (Lipinski definition) is 8. The first-order chi connectivity index (χ1) is 10.1. The van der Waals surface area contributed by atoms with E-state index in [2.05, 4.69) is 20.7 Å². The molecular formula is C11H17N7O3. The monoisotopic (exact) mass is 295 g/mol. The number of nitro groups is 1. The molecule has 0 bridgehead atoms. The lowest BCUT2D eigenvalue weighted by Crippen LogP contribution is -2.39. The number of nitrogens with zero attached hydrogens (tertiary/aromatic N) is 4. The van der Waals surface area contributed by atoms with Gasteiger partial charge in [0.15, 0.2) is 0 Å². The molecule has 1 saturated heterocycles. The van der Waals surface area contributed by atoms with Crippen molar-refractivity contribution in [1.29, 1.82) is 0 Å². The van der Waals surface area contributed by atoms with Crippen LogP contribution in [0, 0.1) is 10.1 Å². The van der Waals surface area contributed by atoms with Crippen molar-refractivity contribution in [3.8, 4) is 0 Å². The molecule has 2 rings (SSSR count). The molecule has 0 aromatic carbocycles. The van der Waals surface area contributed by atoms with Crippen LogP contribution in [-0.4, -0.2) is 45.3 Å². The van der Waals surface area contributed by atoms with Gasteiger partial charge in [-0.3, -0.25) is 20.3 Å². The Bertz CT molecular complexity index is 531. The fraction of sp³-hybridized carbons (Fsp3) is 0.545. The Kier molecular flexibility index (Phi) is 4.82. The van der Waals surface area contributed by atoms with Crippen LogP contribution >= 0.6 is 0 Å². The molecule has 0 radical (unpaired) electrons. The Balaban J connectivity index is 2.04. The minimum absolute atomic E-state index is 0.0340. The Hall–Kier alpha value is -2.49. The Morgan fingerprint density at radius 1 is 1.43 bits per heavy atom. The number of nitrogen functional groups attached to an aromatic ring is 1. The van der Waals surface area contributed by atoms with E-state index in [1.54, 1.807) is 4.90 Å². The van der Waals surface area contributed by atoms with E-state index < -0.39 is 4.92 Å². The summed E-state index contributed by atoms with van der Waals surface area (Å²) in [5, 5.41) is 13.6. The number of amides is 1. The van der Waals surface area contributed by atoms with Crippen molar-refractivity contribution in [2.75, 3.05) is 30.4 Å². The second-order valence-electron chi connectivity index (χ2n) is 4.62. The van der Waals surface area contributed by atoms with Gasteiger partial charge in [0.25, 0.3) is 0 Å². The maximum absolute atomic E-state index is 12.0. The van der Waals surface area contributed by atoms with E-state index in [-0.39, 0.29) is 29.9 Å². The van der Waals surface area contributed by atoms with E-state index in [1.165, 1.54) is 0 Å². The molecule has 1 aliphatic rings. The van der Waals surface area contributed by atoms with Gasteiger partial charge in [-0.2, -0.15) is 4.98 Å². The normalized spacial score (nSPS) is 14.6. The average Bonchev–Trinajstić information content (AvgIpc) is 2.52. The summed E-state index contributed by atoms with van der Waals surface area (Å²) in [5.41, 5.74) is 1.90. The van der Waals surface area contributed by atoms with E-state index >= 15 is 0 Å². The molecule has 1 aromatic rings. The van der Waals surface area contributed by atoms with Gasteiger partial charge in [0, 0.05) is 13.1 Å². The molecule has 114 valence electrons. The highest BCUT2D eigenvalue weighted by Gasteiger charge is 2.20. The first-order valence-electron chi connectivity index (χ1n) is 6.61. The molecule has 10 nitrogen and oxygen atoms in total. The zero-order chi connectivity index (χ0) is 15.2. The highest BCUT2D eigenvalue weighted by atomic mass is 16.6. The Labute approximate surface area is 120 Å². The number of carbonyl (C=O) groups is 1. The van der Waals surface area contributed by atoms with Gasteiger partial charge in [-0.1, -0.05) is 0 Å². The maximum atomic E-state index is 12.0. The fourth-order valence-corrected chi connectivity index (χ4v) is 2.12. The average molecular weight is 295 g/mol. The van der Waals surface area contributed by atoms with Crippen LogP contribution in [0.15, 0.2) is 6.20 Å². The summed E-state index contributed by atoms with van der Waals surface area (Å²) in [4.78, 5) is 31.6. The second-order valence-corrected chi connectivity index (χ2v) is 4.62. The summed E-state index contributed by atoms with van der Waals surface area (Å²) >= 11 is 0. The fourth-order valence-electron chi connectivity index (χ4n) is 2.12. The predicted molar refractivity (Wildman–Crippen MR) is 75.4 cm³/mol. The number of piperidine rings is 1. The highest BCUT2D eigenvalue weighted by molar-refractivity contribution is 5.81. The van der Waals surface area contributed by atoms with Gasteiger partial charge in [0.2, 0.25) is 17.7 Å². The van der Waals surface area contributed by atoms with Crippen molar-refractivity contribution in [3.63, 3.8) is 0 Å². The Morgan fingerprint density at radius 2 is 2.14 bits per heavy atom. The summed E-state index contributed by atoms with van der Waals surface area (Å²) in [6, 6.07) is 0. The molecule has 0 unspecified atom stereocenters. The molecule has 21 heavy (non-hydrogen) atoms. The van der Waals surface area contributed by atoms with Crippen LogP contribution in [0.1, 0.15) is 19.3 Å². The molecule has 0 saturated carbocycles. The molecule has 0 aliphatic carbocycles. The maximum Gasteiger partial charge on any atom is 0.329 e. The molecular weight excluding hydrogens is 278 g/mol. The molecule has 10 heteroatoms. The van der Waals surface area contributed by atoms with Crippen molar-refractivity contribution in [2.24, 2.45) is 5.84 Å². The van der Waals surface area contributed by atoms with Crippen molar-refractivity contribution < 1.29 is 9.72 Å². The van der Waals surface area contributed by atoms with Gasteiger partial charge in [-0.15, -0.1) is 0 Å². The van der Waals surface area contributed by atoms with E-state index in [0.717, 1.165) is 38.5 Å². The van der Waals surface area contributed by atoms with E-state index in [9.17, 15) is 14.9 Å². The van der Waals surface area contributed by atoms with Gasteiger partial charge in [-0.05, 0) is 19.3 Å². The number of likely N-dealkylation sites (tertiary alicyclic amines) is 1. The standard InChI is InChI=1S/C11H17N7O3/c12-16-11-14-6-8(18(20)21)10(15-11)13-7-9(19)17-4-2-1-3-5-17/h6H,1-5,7,12H2,(H2,13,14,15,16). The molecule has 1 aromatic heterocycles. The lowest BCUT2D eigenvalue weighted by molar-refractivity contribution is -0.384. The van der Waals surface area contributed by atoms with Crippen LogP contribution in [-0.2, 0) is 4.79 Å².